The van der Waals surface area contributed by atoms with Crippen molar-refractivity contribution in [3.05, 3.63) is 23.8 Å². The van der Waals surface area contributed by atoms with Gasteiger partial charge in [0.2, 0.25) is 0 Å². The maximum Gasteiger partial charge on any atom is 0.161 e. The minimum Gasteiger partial charge on any atom is -0.486 e. The molecule has 0 aliphatic carbocycles. The summed E-state index contributed by atoms with van der Waals surface area (Å²) < 4.78 is 11.2. The lowest BCUT2D eigenvalue weighted by molar-refractivity contribution is 0.171. The summed E-state index contributed by atoms with van der Waals surface area (Å²) in [7, 11) is 0. The third-order valence-corrected chi connectivity index (χ3v) is 4.06. The van der Waals surface area contributed by atoms with Crippen molar-refractivity contribution in [1.82, 2.24) is 10.2 Å². The fraction of sp³-hybridized carbons (Fsp3) is 0.647. The third kappa shape index (κ3) is 4.61. The summed E-state index contributed by atoms with van der Waals surface area (Å²) in [6.07, 6.45) is 1.18. The van der Waals surface area contributed by atoms with Crippen LogP contribution < -0.4 is 14.8 Å². The molecule has 4 nitrogen and oxygen atoms in total. The van der Waals surface area contributed by atoms with Gasteiger partial charge in [0.15, 0.2) is 11.5 Å². The molecule has 2 rings (SSSR count). The number of ether oxygens (including phenoxy) is 2. The van der Waals surface area contributed by atoms with Crippen LogP contribution in [-0.2, 0) is 0 Å². The number of nitrogens with one attached hydrogen (secondary N) is 1. The van der Waals surface area contributed by atoms with Crippen LogP contribution in [0.5, 0.6) is 11.5 Å². The molecule has 0 fully saturated rings. The van der Waals surface area contributed by atoms with E-state index in [9.17, 15) is 0 Å². The molecule has 0 radical (unpaired) electrons. The molecule has 1 aromatic rings. The number of nitrogens with zero attached hydrogens (tertiary/aromatic N) is 1. The number of rotatable bonds is 8. The molecular weight excluding hydrogens is 264 g/mol. The Morgan fingerprint density at radius 3 is 2.57 bits per heavy atom. The number of fused-ring (bicyclic) bond motifs is 1. The van der Waals surface area contributed by atoms with E-state index in [0.29, 0.717) is 19.3 Å². The molecule has 0 saturated carbocycles. The second-order valence-electron chi connectivity index (χ2n) is 5.46. The molecule has 1 heterocycles. The summed E-state index contributed by atoms with van der Waals surface area (Å²) in [5.74, 6) is 1.73. The first-order valence-electron chi connectivity index (χ1n) is 8.09. The van der Waals surface area contributed by atoms with Crippen molar-refractivity contribution in [2.45, 2.75) is 33.2 Å². The first-order chi connectivity index (χ1) is 10.2. The van der Waals surface area contributed by atoms with E-state index >= 15 is 0 Å². The largest absolute Gasteiger partial charge is 0.486 e. The Morgan fingerprint density at radius 1 is 1.14 bits per heavy atom. The van der Waals surface area contributed by atoms with Gasteiger partial charge < -0.3 is 19.7 Å². The van der Waals surface area contributed by atoms with Gasteiger partial charge in [-0.15, -0.1) is 0 Å². The van der Waals surface area contributed by atoms with Crippen LogP contribution in [0.1, 0.15) is 38.8 Å². The van der Waals surface area contributed by atoms with Crippen molar-refractivity contribution in [2.24, 2.45) is 0 Å². The topological polar surface area (TPSA) is 33.7 Å². The van der Waals surface area contributed by atoms with Crippen molar-refractivity contribution < 1.29 is 9.47 Å². The van der Waals surface area contributed by atoms with Crippen LogP contribution in [0.25, 0.3) is 0 Å². The zero-order chi connectivity index (χ0) is 15.1. The Morgan fingerprint density at radius 2 is 1.86 bits per heavy atom. The number of hydrogen-bond acceptors (Lipinski definition) is 4. The molecule has 0 aromatic heterocycles. The van der Waals surface area contributed by atoms with Gasteiger partial charge in [-0.1, -0.05) is 19.9 Å². The monoisotopic (exact) mass is 292 g/mol. The predicted molar refractivity (Wildman–Crippen MR) is 86.3 cm³/mol. The summed E-state index contributed by atoms with van der Waals surface area (Å²) in [4.78, 5) is 2.45. The van der Waals surface area contributed by atoms with Gasteiger partial charge in [0.25, 0.3) is 0 Å². The van der Waals surface area contributed by atoms with E-state index in [-0.39, 0.29) is 0 Å². The minimum atomic E-state index is 0.331. The van der Waals surface area contributed by atoms with Crippen molar-refractivity contribution in [3.63, 3.8) is 0 Å². The molecule has 1 N–H and O–H groups in total. The average molecular weight is 292 g/mol. The Hall–Kier alpha value is -1.26. The Balaban J connectivity index is 1.79. The van der Waals surface area contributed by atoms with E-state index in [0.717, 1.165) is 37.7 Å². The standard InChI is InChI=1S/C17H28N2O2/c1-4-19(5-2)10-6-9-18-14(3)15-7-8-16-17(13-15)21-12-11-20-16/h7-8,13-14,18H,4-6,9-12H2,1-3H3. The van der Waals surface area contributed by atoms with Gasteiger partial charge in [0, 0.05) is 6.04 Å². The van der Waals surface area contributed by atoms with Gasteiger partial charge in [0.1, 0.15) is 13.2 Å². The lowest BCUT2D eigenvalue weighted by Gasteiger charge is -2.22. The molecule has 0 amide bonds. The first-order valence-corrected chi connectivity index (χ1v) is 8.09. The molecule has 0 spiro atoms. The summed E-state index contributed by atoms with van der Waals surface area (Å²) in [5, 5.41) is 3.59. The van der Waals surface area contributed by atoms with E-state index in [1.807, 2.05) is 6.07 Å². The summed E-state index contributed by atoms with van der Waals surface area (Å²) in [5.41, 5.74) is 1.25. The second-order valence-corrected chi connectivity index (χ2v) is 5.46. The molecular formula is C17H28N2O2. The van der Waals surface area contributed by atoms with Crippen LogP contribution in [0.15, 0.2) is 18.2 Å². The van der Waals surface area contributed by atoms with Crippen LogP contribution in [0.2, 0.25) is 0 Å². The highest BCUT2D eigenvalue weighted by Gasteiger charge is 2.14. The van der Waals surface area contributed by atoms with Gasteiger partial charge in [-0.3, -0.25) is 0 Å². The van der Waals surface area contributed by atoms with Gasteiger partial charge in [-0.05, 0) is 57.2 Å². The highest BCUT2D eigenvalue weighted by atomic mass is 16.6. The smallest absolute Gasteiger partial charge is 0.161 e. The SMILES string of the molecule is CCN(CC)CCCNC(C)c1ccc2c(c1)OCCO2. The zero-order valence-electron chi connectivity index (χ0n) is 13.5. The van der Waals surface area contributed by atoms with Gasteiger partial charge in [0.05, 0.1) is 0 Å². The first kappa shape index (κ1) is 16.1. The Kier molecular flexibility index (Phi) is 6.33. The third-order valence-electron chi connectivity index (χ3n) is 4.06. The Labute approximate surface area is 128 Å². The molecule has 0 saturated heterocycles. The molecule has 1 unspecified atom stereocenters. The van der Waals surface area contributed by atoms with Crippen LogP contribution in [-0.4, -0.2) is 44.3 Å². The van der Waals surface area contributed by atoms with Gasteiger partial charge in [-0.2, -0.15) is 0 Å². The summed E-state index contributed by atoms with van der Waals surface area (Å²) in [6.45, 7) is 12.4. The quantitative estimate of drug-likeness (QED) is 0.747. The lowest BCUT2D eigenvalue weighted by Crippen LogP contribution is -2.28. The predicted octanol–water partition coefficient (Wildman–Crippen LogP) is 2.84. The molecule has 1 aliphatic rings. The zero-order valence-corrected chi connectivity index (χ0v) is 13.5. The minimum absolute atomic E-state index is 0.331. The maximum atomic E-state index is 5.64. The molecule has 1 aromatic carbocycles. The molecule has 1 atom stereocenters. The summed E-state index contributed by atoms with van der Waals surface area (Å²) >= 11 is 0. The second kappa shape index (κ2) is 8.25. The molecule has 21 heavy (non-hydrogen) atoms. The van der Waals surface area contributed by atoms with E-state index in [1.54, 1.807) is 0 Å². The fourth-order valence-corrected chi connectivity index (χ4v) is 2.61. The highest BCUT2D eigenvalue weighted by molar-refractivity contribution is 5.44. The van der Waals surface area contributed by atoms with Gasteiger partial charge in [-0.25, -0.2) is 0 Å². The van der Waals surface area contributed by atoms with Crippen molar-refractivity contribution in [2.75, 3.05) is 39.4 Å². The van der Waals surface area contributed by atoms with Crippen molar-refractivity contribution in [1.29, 1.82) is 0 Å². The maximum absolute atomic E-state index is 5.64. The van der Waals surface area contributed by atoms with Gasteiger partial charge >= 0.3 is 0 Å². The normalized spacial score (nSPS) is 15.2. The van der Waals surface area contributed by atoms with Crippen molar-refractivity contribution >= 4 is 0 Å². The van der Waals surface area contributed by atoms with E-state index in [1.165, 1.54) is 12.0 Å². The average Bonchev–Trinajstić information content (AvgIpc) is 2.54. The lowest BCUT2D eigenvalue weighted by atomic mass is 10.1. The molecule has 118 valence electrons. The van der Waals surface area contributed by atoms with Crippen LogP contribution in [0, 0.1) is 0 Å². The van der Waals surface area contributed by atoms with Crippen LogP contribution >= 0.6 is 0 Å². The van der Waals surface area contributed by atoms with E-state index in [2.05, 4.69) is 43.1 Å². The van der Waals surface area contributed by atoms with Crippen molar-refractivity contribution in [3.8, 4) is 11.5 Å². The van der Waals surface area contributed by atoms with E-state index in [4.69, 9.17) is 9.47 Å². The molecule has 1 aliphatic heterocycles. The van der Waals surface area contributed by atoms with Crippen LogP contribution in [0.4, 0.5) is 0 Å². The highest BCUT2D eigenvalue weighted by Crippen LogP contribution is 2.32. The van der Waals surface area contributed by atoms with E-state index < -0.39 is 0 Å². The molecule has 4 heteroatoms. The summed E-state index contributed by atoms with van der Waals surface area (Å²) in [6, 6.07) is 6.56. The number of benzene rings is 1. The number of hydrogen-bond donors (Lipinski definition) is 1. The van der Waals surface area contributed by atoms with Crippen LogP contribution in [0.3, 0.4) is 0 Å². The molecule has 0 bridgehead atoms. The Bertz CT molecular complexity index is 433. The fourth-order valence-electron chi connectivity index (χ4n) is 2.61.